The van der Waals surface area contributed by atoms with Crippen molar-refractivity contribution in [1.29, 1.82) is 5.26 Å². The molecule has 0 aromatic heterocycles. The van der Waals surface area contributed by atoms with Gasteiger partial charge in [-0.15, -0.1) is 0 Å². The fourth-order valence-corrected chi connectivity index (χ4v) is 2.27. The van der Waals surface area contributed by atoms with Gasteiger partial charge in [-0.3, -0.25) is 4.90 Å². The van der Waals surface area contributed by atoms with Crippen molar-refractivity contribution in [2.75, 3.05) is 26.2 Å². The summed E-state index contributed by atoms with van der Waals surface area (Å²) in [5, 5.41) is 18.6. The van der Waals surface area contributed by atoms with Crippen LogP contribution in [0.2, 0.25) is 0 Å². The largest absolute Gasteiger partial charge is 0.492 e. The van der Waals surface area contributed by atoms with Gasteiger partial charge in [0.05, 0.1) is 17.7 Å². The van der Waals surface area contributed by atoms with Crippen LogP contribution in [0.1, 0.15) is 18.9 Å². The van der Waals surface area contributed by atoms with Crippen molar-refractivity contribution in [2.24, 2.45) is 5.92 Å². The summed E-state index contributed by atoms with van der Waals surface area (Å²) in [5.74, 6) is 1.12. The van der Waals surface area contributed by atoms with E-state index in [4.69, 9.17) is 10.00 Å². The predicted molar refractivity (Wildman–Crippen MR) is 72.9 cm³/mol. The van der Waals surface area contributed by atoms with Gasteiger partial charge in [-0.2, -0.15) is 5.26 Å². The predicted octanol–water partition coefficient (Wildman–Crippen LogP) is 1.64. The van der Waals surface area contributed by atoms with Gasteiger partial charge in [0.25, 0.3) is 0 Å². The van der Waals surface area contributed by atoms with Gasteiger partial charge >= 0.3 is 0 Å². The Morgan fingerprint density at radius 3 is 3.11 bits per heavy atom. The molecule has 1 heterocycles. The third-order valence-corrected chi connectivity index (χ3v) is 3.64. The Bertz CT molecular complexity index is 456. The van der Waals surface area contributed by atoms with E-state index in [0.717, 1.165) is 31.8 Å². The molecule has 1 saturated heterocycles. The maximum absolute atomic E-state index is 9.81. The van der Waals surface area contributed by atoms with E-state index in [0.29, 0.717) is 18.1 Å². The molecule has 1 aromatic carbocycles. The van der Waals surface area contributed by atoms with Crippen molar-refractivity contribution in [3.05, 3.63) is 29.8 Å². The number of β-amino-alcohol motifs (C(OH)–C–C–N with tert-alkyl or cyclic N) is 1. The molecule has 2 rings (SSSR count). The van der Waals surface area contributed by atoms with Crippen LogP contribution in [0.4, 0.5) is 0 Å². The minimum Gasteiger partial charge on any atom is -0.492 e. The molecular weight excluding hydrogens is 240 g/mol. The van der Waals surface area contributed by atoms with Crippen molar-refractivity contribution >= 4 is 0 Å². The number of hydrogen-bond donors (Lipinski definition) is 1. The summed E-state index contributed by atoms with van der Waals surface area (Å²) in [6, 6.07) is 9.27. The number of rotatable bonds is 4. The van der Waals surface area contributed by atoms with Gasteiger partial charge in [0.15, 0.2) is 0 Å². The van der Waals surface area contributed by atoms with E-state index in [1.54, 1.807) is 12.1 Å². The standard InChI is InChI=1S/C15H20N2O2/c1-12-5-6-17(11-15(12)18)7-8-19-14-4-2-3-13(9-14)10-16/h2-4,9,12,15,18H,5-8,11H2,1H3. The number of aliphatic hydroxyl groups excluding tert-OH is 1. The molecule has 0 bridgehead atoms. The van der Waals surface area contributed by atoms with Crippen molar-refractivity contribution in [1.82, 2.24) is 4.90 Å². The lowest BCUT2D eigenvalue weighted by Gasteiger charge is -2.34. The van der Waals surface area contributed by atoms with Crippen molar-refractivity contribution in [3.63, 3.8) is 0 Å². The van der Waals surface area contributed by atoms with E-state index >= 15 is 0 Å². The molecule has 2 unspecified atom stereocenters. The number of hydrogen-bond acceptors (Lipinski definition) is 4. The van der Waals surface area contributed by atoms with E-state index in [9.17, 15) is 5.11 Å². The minimum absolute atomic E-state index is 0.226. The monoisotopic (exact) mass is 260 g/mol. The SMILES string of the molecule is CC1CCN(CCOc2cccc(C#N)c2)CC1O. The lowest BCUT2D eigenvalue weighted by molar-refractivity contribution is 0.0244. The first kappa shape index (κ1) is 13.9. The van der Waals surface area contributed by atoms with Gasteiger partial charge < -0.3 is 9.84 Å². The molecule has 0 radical (unpaired) electrons. The average molecular weight is 260 g/mol. The lowest BCUT2D eigenvalue weighted by atomic mass is 9.96. The fraction of sp³-hybridized carbons (Fsp3) is 0.533. The van der Waals surface area contributed by atoms with Crippen LogP contribution in [0.3, 0.4) is 0 Å². The Kier molecular flexibility index (Phi) is 4.78. The summed E-state index contributed by atoms with van der Waals surface area (Å²) < 4.78 is 5.64. The zero-order valence-corrected chi connectivity index (χ0v) is 11.2. The summed E-state index contributed by atoms with van der Waals surface area (Å²) in [5.41, 5.74) is 0.611. The molecule has 1 aliphatic rings. The third kappa shape index (κ3) is 3.95. The number of aliphatic hydroxyl groups is 1. The first-order chi connectivity index (χ1) is 9.19. The lowest BCUT2D eigenvalue weighted by Crippen LogP contribution is -2.44. The second kappa shape index (κ2) is 6.55. The molecule has 4 nitrogen and oxygen atoms in total. The molecule has 0 spiro atoms. The summed E-state index contributed by atoms with van der Waals surface area (Å²) in [4.78, 5) is 2.22. The molecule has 0 aliphatic carbocycles. The highest BCUT2D eigenvalue weighted by Gasteiger charge is 2.23. The van der Waals surface area contributed by atoms with Crippen LogP contribution < -0.4 is 4.74 Å². The number of benzene rings is 1. The van der Waals surface area contributed by atoms with Crippen LogP contribution in [0, 0.1) is 17.2 Å². The van der Waals surface area contributed by atoms with E-state index in [-0.39, 0.29) is 6.10 Å². The maximum Gasteiger partial charge on any atom is 0.120 e. The fourth-order valence-electron chi connectivity index (χ4n) is 2.27. The summed E-state index contributed by atoms with van der Waals surface area (Å²) in [6.07, 6.45) is 0.807. The summed E-state index contributed by atoms with van der Waals surface area (Å²) in [6.45, 7) is 5.21. The van der Waals surface area contributed by atoms with E-state index in [1.165, 1.54) is 0 Å². The summed E-state index contributed by atoms with van der Waals surface area (Å²) >= 11 is 0. The number of nitriles is 1. The van der Waals surface area contributed by atoms with Crippen LogP contribution in [0.15, 0.2) is 24.3 Å². The Hall–Kier alpha value is -1.57. The average Bonchev–Trinajstić information content (AvgIpc) is 2.43. The van der Waals surface area contributed by atoms with Gasteiger partial charge in [-0.05, 0) is 37.1 Å². The molecule has 1 aliphatic heterocycles. The molecule has 1 aromatic rings. The molecule has 0 saturated carbocycles. The number of ether oxygens (including phenoxy) is 1. The van der Waals surface area contributed by atoms with Gasteiger partial charge in [0, 0.05) is 13.1 Å². The Balaban J connectivity index is 1.76. The van der Waals surface area contributed by atoms with Crippen LogP contribution >= 0.6 is 0 Å². The van der Waals surface area contributed by atoms with Crippen LogP contribution in [0.5, 0.6) is 5.75 Å². The van der Waals surface area contributed by atoms with E-state index in [1.807, 2.05) is 12.1 Å². The first-order valence-corrected chi connectivity index (χ1v) is 6.72. The van der Waals surface area contributed by atoms with Crippen molar-refractivity contribution < 1.29 is 9.84 Å². The quantitative estimate of drug-likeness (QED) is 0.894. The second-order valence-electron chi connectivity index (χ2n) is 5.12. The molecule has 0 amide bonds. The minimum atomic E-state index is -0.226. The highest BCUT2D eigenvalue weighted by molar-refractivity contribution is 5.36. The topological polar surface area (TPSA) is 56.5 Å². The van der Waals surface area contributed by atoms with Crippen LogP contribution in [-0.4, -0.2) is 42.4 Å². The molecule has 4 heteroatoms. The van der Waals surface area contributed by atoms with Gasteiger partial charge in [0.2, 0.25) is 0 Å². The first-order valence-electron chi connectivity index (χ1n) is 6.72. The van der Waals surface area contributed by atoms with Crippen LogP contribution in [-0.2, 0) is 0 Å². The molecule has 1 N–H and O–H groups in total. The number of nitrogens with zero attached hydrogens (tertiary/aromatic N) is 2. The molecule has 2 atom stereocenters. The smallest absolute Gasteiger partial charge is 0.120 e. The molecule has 19 heavy (non-hydrogen) atoms. The van der Waals surface area contributed by atoms with Gasteiger partial charge in [-0.1, -0.05) is 13.0 Å². The Labute approximate surface area is 114 Å². The zero-order chi connectivity index (χ0) is 13.7. The molecule has 102 valence electrons. The molecule has 1 fully saturated rings. The van der Waals surface area contributed by atoms with Crippen LogP contribution in [0.25, 0.3) is 0 Å². The highest BCUT2D eigenvalue weighted by atomic mass is 16.5. The summed E-state index contributed by atoms with van der Waals surface area (Å²) in [7, 11) is 0. The third-order valence-electron chi connectivity index (χ3n) is 3.64. The Morgan fingerprint density at radius 2 is 2.37 bits per heavy atom. The zero-order valence-electron chi connectivity index (χ0n) is 11.2. The molecular formula is C15H20N2O2. The Morgan fingerprint density at radius 1 is 1.53 bits per heavy atom. The highest BCUT2D eigenvalue weighted by Crippen LogP contribution is 2.17. The maximum atomic E-state index is 9.81. The van der Waals surface area contributed by atoms with Gasteiger partial charge in [-0.25, -0.2) is 0 Å². The van der Waals surface area contributed by atoms with Crippen molar-refractivity contribution in [2.45, 2.75) is 19.4 Å². The number of piperidine rings is 1. The van der Waals surface area contributed by atoms with Gasteiger partial charge in [0.1, 0.15) is 12.4 Å². The van der Waals surface area contributed by atoms with E-state index < -0.39 is 0 Å². The normalized spacial score (nSPS) is 23.8. The van der Waals surface area contributed by atoms with E-state index in [2.05, 4.69) is 17.9 Å². The second-order valence-corrected chi connectivity index (χ2v) is 5.12. The number of likely N-dealkylation sites (tertiary alicyclic amines) is 1. The van der Waals surface area contributed by atoms with Crippen molar-refractivity contribution in [3.8, 4) is 11.8 Å².